The molecule has 0 aliphatic carbocycles. The topological polar surface area (TPSA) is 193 Å². The summed E-state index contributed by atoms with van der Waals surface area (Å²) in [6.07, 6.45) is 0. The minimum Gasteiger partial charge on any atom is -0.208 e. The summed E-state index contributed by atoms with van der Waals surface area (Å²) in [7, 11) is 0. The second kappa shape index (κ2) is 41.8. The fraction of sp³-hybridized carbons (Fsp3) is 0. The first kappa shape index (κ1) is 85.4. The third kappa shape index (κ3) is 22.3. The summed E-state index contributed by atoms with van der Waals surface area (Å²) in [6.45, 7) is 0. The van der Waals surface area contributed by atoms with Gasteiger partial charge in [0.15, 0.2) is 58.2 Å². The van der Waals surface area contributed by atoms with Crippen LogP contribution in [0.25, 0.3) is 180 Å². The van der Waals surface area contributed by atoms with E-state index in [1.54, 1.807) is 0 Å². The lowest BCUT2D eigenvalue weighted by atomic mass is 9.93. The highest BCUT2D eigenvalue weighted by Crippen LogP contribution is 2.37. The molecule has 0 N–H and O–H groups in total. The van der Waals surface area contributed by atoms with Crippen LogP contribution in [0.2, 0.25) is 26.4 Å². The molecule has 0 bridgehead atoms. The van der Waals surface area contributed by atoms with E-state index in [1.165, 1.54) is 27.6 Å². The van der Waals surface area contributed by atoms with Crippen molar-refractivity contribution in [1.82, 2.24) is 74.8 Å². The molecule has 5 heterocycles. The van der Waals surface area contributed by atoms with Gasteiger partial charge in [-0.15, -0.1) is 0 Å². The Hall–Kier alpha value is -15.7. The van der Waals surface area contributed by atoms with Crippen LogP contribution in [0.15, 0.2) is 437 Å². The van der Waals surface area contributed by atoms with E-state index in [-0.39, 0.29) is 26.4 Å². The van der Waals surface area contributed by atoms with Gasteiger partial charge >= 0.3 is 0 Å². The average molecular weight is 1770 g/mol. The van der Waals surface area contributed by atoms with Gasteiger partial charge in [0.25, 0.3) is 0 Å². The van der Waals surface area contributed by atoms with Gasteiger partial charge < -0.3 is 0 Å². The Balaban J connectivity index is 0.000000115. The lowest BCUT2D eigenvalue weighted by Gasteiger charge is -2.12. The van der Waals surface area contributed by atoms with Gasteiger partial charge in [0.1, 0.15) is 0 Å². The third-order valence-corrected chi connectivity index (χ3v) is 21.2. The zero-order chi connectivity index (χ0) is 87.9. The van der Waals surface area contributed by atoms with Crippen molar-refractivity contribution in [3.05, 3.63) is 463 Å². The van der Waals surface area contributed by atoms with Crippen molar-refractivity contribution in [2.45, 2.75) is 0 Å². The van der Waals surface area contributed by atoms with Crippen molar-refractivity contribution in [1.29, 1.82) is 0 Å². The standard InChI is InChI=1S/C33H22ClN3.2C21H14ClN3.C19H12ClN3.C15H10ClN3/c34-33-36-31(26-14-8-3-9-15-26)35-32(37-33)27-18-16-25(17-19-27)30-21-28(23-10-4-1-5-11-23)20-29(22-30)24-12-6-2-7-13-24;22-21-24-19(16-11-5-2-6-12-16)23-20(25-21)18-14-8-7-13-17(18)15-9-3-1-4-10-15;22-21-24-19(16-10-5-2-6-11-16)23-20(25-21)18-13-7-12-17(14-18)15-8-3-1-4-9-15;20-19-22-17(14-7-2-1-3-8-14)21-18(23-19)16-11-10-13-6-4-5-9-15(13)12-16;16-15-18-13(11-7-3-1-4-8-11)17-14(19-15)12-9-5-2-6-10-12/h1-22H;2*1-14H;1-12H;1-10H. The molecule has 21 rings (SSSR count). The normalized spacial score (nSPS) is 10.7. The Kier molecular flexibility index (Phi) is 27.7. The monoisotopic (exact) mass is 1770 g/mol. The molecule has 0 radical (unpaired) electrons. The predicted octanol–water partition coefficient (Wildman–Crippen LogP) is 28.8. The SMILES string of the molecule is Clc1nc(-c2ccccc2)nc(-c2ccc(-c3cc(-c4ccccc4)cc(-c4ccccc4)c3)cc2)n1.Clc1nc(-c2ccccc2)nc(-c2ccc3ccccc3c2)n1.Clc1nc(-c2ccccc2)nc(-c2cccc(-c3ccccc3)c2)n1.Clc1nc(-c2ccccc2)nc(-c2ccccc2)n1.Clc1nc(-c2ccccc2)nc(-c2ccccc2-c2ccccc2)n1. The van der Waals surface area contributed by atoms with Crippen molar-refractivity contribution in [3.63, 3.8) is 0 Å². The van der Waals surface area contributed by atoms with Crippen LogP contribution in [0.3, 0.4) is 0 Å². The summed E-state index contributed by atoms with van der Waals surface area (Å²) < 4.78 is 0. The zero-order valence-corrected chi connectivity index (χ0v) is 72.4. The van der Waals surface area contributed by atoms with Crippen LogP contribution in [-0.2, 0) is 0 Å². The molecular weight excluding hydrogens is 1700 g/mol. The number of hydrogen-bond donors (Lipinski definition) is 0. The number of fused-ring (bicyclic) bond motifs is 1. The van der Waals surface area contributed by atoms with E-state index in [1.807, 2.05) is 291 Å². The molecule has 618 valence electrons. The number of aromatic nitrogens is 15. The molecule has 15 nitrogen and oxygen atoms in total. The van der Waals surface area contributed by atoms with Gasteiger partial charge in [0.2, 0.25) is 26.4 Å². The molecule has 20 heteroatoms. The Labute approximate surface area is 770 Å². The third-order valence-electron chi connectivity index (χ3n) is 20.3. The van der Waals surface area contributed by atoms with Gasteiger partial charge in [-0.25, -0.2) is 24.9 Å². The Morgan fingerprint density at radius 1 is 0.109 bits per heavy atom. The molecule has 0 saturated carbocycles. The first-order valence-electron chi connectivity index (χ1n) is 41.0. The van der Waals surface area contributed by atoms with Crippen LogP contribution in [0.1, 0.15) is 0 Å². The molecule has 21 aromatic rings. The van der Waals surface area contributed by atoms with E-state index in [2.05, 4.69) is 220 Å². The molecule has 0 saturated heterocycles. The highest BCUT2D eigenvalue weighted by molar-refractivity contribution is 6.29. The van der Waals surface area contributed by atoms with Crippen LogP contribution in [0.4, 0.5) is 0 Å². The molecule has 0 aliphatic heterocycles. The molecule has 0 amide bonds. The molecule has 16 aromatic carbocycles. The Morgan fingerprint density at radius 3 is 0.636 bits per heavy atom. The summed E-state index contributed by atoms with van der Waals surface area (Å²) in [4.78, 5) is 65.7. The average Bonchev–Trinajstić information content (AvgIpc) is 0.815. The summed E-state index contributed by atoms with van der Waals surface area (Å²) in [5.41, 5.74) is 20.5. The van der Waals surface area contributed by atoms with E-state index in [4.69, 9.17) is 58.0 Å². The maximum Gasteiger partial charge on any atom is 0.226 e. The fourth-order valence-electron chi connectivity index (χ4n) is 14.1. The van der Waals surface area contributed by atoms with Crippen molar-refractivity contribution in [3.8, 4) is 170 Å². The summed E-state index contributed by atoms with van der Waals surface area (Å²) >= 11 is 30.7. The first-order valence-corrected chi connectivity index (χ1v) is 42.9. The van der Waals surface area contributed by atoms with E-state index in [9.17, 15) is 0 Å². The number of halogens is 5. The van der Waals surface area contributed by atoms with Crippen molar-refractivity contribution in [2.75, 3.05) is 0 Å². The van der Waals surface area contributed by atoms with Crippen molar-refractivity contribution in [2.24, 2.45) is 0 Å². The van der Waals surface area contributed by atoms with Crippen LogP contribution in [0, 0.1) is 0 Å². The fourth-order valence-corrected chi connectivity index (χ4v) is 14.9. The molecule has 0 spiro atoms. The molecule has 0 fully saturated rings. The number of benzene rings is 16. The van der Waals surface area contributed by atoms with Gasteiger partial charge in [-0.05, 0) is 155 Å². The molecular formula is C109H72Cl5N15. The summed E-state index contributed by atoms with van der Waals surface area (Å²) in [5.74, 6) is 5.70. The van der Waals surface area contributed by atoms with Crippen LogP contribution < -0.4 is 0 Å². The lowest BCUT2D eigenvalue weighted by Crippen LogP contribution is -1.98. The molecule has 0 atom stereocenters. The summed E-state index contributed by atoms with van der Waals surface area (Å²) in [6, 6.07) is 145. The van der Waals surface area contributed by atoms with Gasteiger partial charge in [-0.2, -0.15) is 49.8 Å². The molecule has 0 aliphatic rings. The maximum atomic E-state index is 6.27. The number of hydrogen-bond acceptors (Lipinski definition) is 15. The predicted molar refractivity (Wildman–Crippen MR) is 523 cm³/mol. The van der Waals surface area contributed by atoms with Crippen molar-refractivity contribution >= 4 is 68.8 Å². The quantitative estimate of drug-likeness (QED) is 0.0940. The van der Waals surface area contributed by atoms with E-state index in [0.717, 1.165) is 94.4 Å². The first-order chi connectivity index (χ1) is 63.4. The molecule has 129 heavy (non-hydrogen) atoms. The highest BCUT2D eigenvalue weighted by Gasteiger charge is 2.18. The van der Waals surface area contributed by atoms with E-state index in [0.29, 0.717) is 58.2 Å². The summed E-state index contributed by atoms with van der Waals surface area (Å²) in [5, 5.41) is 3.27. The van der Waals surface area contributed by atoms with Crippen LogP contribution in [-0.4, -0.2) is 74.8 Å². The van der Waals surface area contributed by atoms with Crippen LogP contribution >= 0.6 is 58.0 Å². The van der Waals surface area contributed by atoms with E-state index < -0.39 is 0 Å². The number of rotatable bonds is 15. The smallest absolute Gasteiger partial charge is 0.208 e. The largest absolute Gasteiger partial charge is 0.226 e. The van der Waals surface area contributed by atoms with Gasteiger partial charge in [0.05, 0.1) is 0 Å². The second-order valence-corrected chi connectivity index (χ2v) is 30.7. The lowest BCUT2D eigenvalue weighted by molar-refractivity contribution is 1.07. The van der Waals surface area contributed by atoms with Crippen molar-refractivity contribution < 1.29 is 0 Å². The maximum absolute atomic E-state index is 6.27. The van der Waals surface area contributed by atoms with E-state index >= 15 is 0 Å². The Morgan fingerprint density at radius 2 is 0.302 bits per heavy atom. The zero-order valence-electron chi connectivity index (χ0n) is 68.7. The minimum absolute atomic E-state index is 0.177. The molecule has 0 unspecified atom stereocenters. The molecule has 5 aromatic heterocycles. The van der Waals surface area contributed by atoms with Gasteiger partial charge in [-0.1, -0.05) is 406 Å². The number of nitrogens with zero attached hydrogens (tertiary/aromatic N) is 15. The Bertz CT molecular complexity index is 7210. The van der Waals surface area contributed by atoms with Gasteiger partial charge in [0, 0.05) is 55.6 Å². The minimum atomic E-state index is 0.177. The van der Waals surface area contributed by atoms with Gasteiger partial charge in [-0.3, -0.25) is 0 Å². The van der Waals surface area contributed by atoms with Crippen LogP contribution in [0.5, 0.6) is 0 Å². The second-order valence-electron chi connectivity index (χ2n) is 29.0. The highest BCUT2D eigenvalue weighted by atomic mass is 35.5.